The van der Waals surface area contributed by atoms with Crippen LogP contribution in [0.1, 0.15) is 96.1 Å². The SMILES string of the molecule is CC1(C)C(/C=C/C=C/C=C2\N(CCCSOOO)c3ccc(S(=O)(=O)O)cc3C2(C)CCCCCC(N)=O)=[N+](CCCCCC(=O)O)c2ccc(SOOO)cc21. The van der Waals surface area contributed by atoms with Crippen molar-refractivity contribution >= 4 is 63.2 Å². The highest BCUT2D eigenvalue weighted by atomic mass is 32.2. The first-order chi connectivity index (χ1) is 27.1. The first-order valence-corrected chi connectivity index (χ1v) is 21.7. The largest absolute Gasteiger partial charge is 0.481 e. The second kappa shape index (κ2) is 21.4. The number of allylic oxidation sites excluding steroid dienone is 6. The van der Waals surface area contributed by atoms with Gasteiger partial charge in [0.25, 0.3) is 10.1 Å². The third kappa shape index (κ3) is 12.2. The zero-order valence-corrected chi connectivity index (χ0v) is 34.7. The Morgan fingerprint density at radius 3 is 2.33 bits per heavy atom. The Labute approximate surface area is 342 Å². The minimum absolute atomic E-state index is 0.122. The fourth-order valence-electron chi connectivity index (χ4n) is 7.57. The predicted molar refractivity (Wildman–Crippen MR) is 217 cm³/mol. The van der Waals surface area contributed by atoms with E-state index < -0.39 is 26.9 Å². The summed E-state index contributed by atoms with van der Waals surface area (Å²) in [6.07, 6.45) is 15.8. The summed E-state index contributed by atoms with van der Waals surface area (Å²) in [6.45, 7) is 7.50. The van der Waals surface area contributed by atoms with Crippen LogP contribution in [-0.2, 0) is 49.3 Å². The highest BCUT2D eigenvalue weighted by molar-refractivity contribution is 7.94. The molecule has 2 aliphatic rings. The highest BCUT2D eigenvalue weighted by Gasteiger charge is 2.45. The molecule has 2 heterocycles. The monoisotopic (exact) mass is 850 g/mol. The summed E-state index contributed by atoms with van der Waals surface area (Å²) in [5.74, 6) is -0.689. The maximum absolute atomic E-state index is 12.3. The summed E-state index contributed by atoms with van der Waals surface area (Å²) in [7, 11) is -4.48. The molecule has 2 aliphatic heterocycles. The van der Waals surface area contributed by atoms with Crippen LogP contribution in [-0.4, -0.2) is 69.6 Å². The van der Waals surface area contributed by atoms with Gasteiger partial charge in [-0.3, -0.25) is 14.1 Å². The van der Waals surface area contributed by atoms with Gasteiger partial charge in [0.2, 0.25) is 11.6 Å². The molecule has 0 aromatic heterocycles. The molecule has 0 fully saturated rings. The average molecular weight is 851 g/mol. The molecule has 312 valence electrons. The highest BCUT2D eigenvalue weighted by Crippen LogP contribution is 2.51. The van der Waals surface area contributed by atoms with Crippen LogP contribution in [0.3, 0.4) is 0 Å². The number of carboxylic acids is 1. The molecule has 0 saturated heterocycles. The summed E-state index contributed by atoms with van der Waals surface area (Å²) >= 11 is 1.83. The molecule has 2 aromatic rings. The number of carbonyl (C=O) groups is 2. The third-order valence-corrected chi connectivity index (χ3v) is 12.4. The molecule has 0 spiro atoms. The standard InChI is InChI=1S/C39H51N3O12S3/c1-38(2)30-26-28(56-54-52-47)18-20-32(30)41(23-12-6-10-17-37(44)45)34(38)14-7-4-8-15-35-39(3,22-11-5-9-16-36(40)43)31-27-29(57(48,49)50)19-21-33(31)42(35)24-13-25-55-53-51-46/h4,7-8,14-15,18-21,26-27H,5-6,9-13,16-17,22-25H2,1-3H3,(H5-,40,43,44,45,46,47,48,49,50)/p+1. The van der Waals surface area contributed by atoms with Crippen molar-refractivity contribution in [2.45, 2.75) is 106 Å². The molecule has 57 heavy (non-hydrogen) atoms. The van der Waals surface area contributed by atoms with Crippen molar-refractivity contribution in [2.75, 3.05) is 23.7 Å². The van der Waals surface area contributed by atoms with E-state index in [0.717, 1.165) is 88.6 Å². The Kier molecular flexibility index (Phi) is 17.4. The summed E-state index contributed by atoms with van der Waals surface area (Å²) in [5, 5.41) is 33.9. The van der Waals surface area contributed by atoms with Gasteiger partial charge in [0.05, 0.1) is 22.4 Å². The quantitative estimate of drug-likeness (QED) is 0.0121. The number of aliphatic carboxylic acids is 1. The molecule has 1 atom stereocenters. The van der Waals surface area contributed by atoms with Crippen molar-refractivity contribution in [3.8, 4) is 0 Å². The Hall–Kier alpha value is -3.56. The van der Waals surface area contributed by atoms with E-state index >= 15 is 0 Å². The lowest BCUT2D eigenvalue weighted by Crippen LogP contribution is -2.29. The molecule has 4 rings (SSSR count). The zero-order chi connectivity index (χ0) is 41.6. The number of hydrogen-bond acceptors (Lipinski definition) is 13. The van der Waals surface area contributed by atoms with E-state index in [1.165, 1.54) is 12.1 Å². The average Bonchev–Trinajstić information content (AvgIpc) is 3.51. The van der Waals surface area contributed by atoms with Gasteiger partial charge in [-0.1, -0.05) is 41.1 Å². The van der Waals surface area contributed by atoms with Crippen molar-refractivity contribution in [3.05, 3.63) is 83.6 Å². The van der Waals surface area contributed by atoms with Gasteiger partial charge in [-0.15, -0.1) is 8.67 Å². The number of unbranched alkanes of at least 4 members (excludes halogenated alkanes) is 4. The number of carboxylic acid groups (broad SMARTS) is 1. The van der Waals surface area contributed by atoms with Gasteiger partial charge in [-0.05, 0) is 94.8 Å². The number of anilines is 1. The lowest BCUT2D eigenvalue weighted by molar-refractivity contribution is -0.438. The normalized spacial score (nSPS) is 18.4. The van der Waals surface area contributed by atoms with Crippen molar-refractivity contribution in [2.24, 2.45) is 5.73 Å². The predicted octanol–water partition coefficient (Wildman–Crippen LogP) is 8.05. The molecule has 0 bridgehead atoms. The maximum Gasteiger partial charge on any atom is 0.303 e. The number of benzene rings is 2. The van der Waals surface area contributed by atoms with Crippen molar-refractivity contribution < 1.29 is 61.5 Å². The molecule has 2 aromatic carbocycles. The van der Waals surface area contributed by atoms with Crippen LogP contribution in [0.5, 0.6) is 0 Å². The number of fused-ring (bicyclic) bond motifs is 2. The molecule has 18 heteroatoms. The molecule has 0 aliphatic carbocycles. The van der Waals surface area contributed by atoms with E-state index in [0.29, 0.717) is 44.5 Å². The van der Waals surface area contributed by atoms with Crippen LogP contribution in [0.2, 0.25) is 0 Å². The summed E-state index contributed by atoms with van der Waals surface area (Å²) in [4.78, 5) is 25.1. The van der Waals surface area contributed by atoms with Gasteiger partial charge in [0.15, 0.2) is 5.71 Å². The summed E-state index contributed by atoms with van der Waals surface area (Å²) < 4.78 is 46.0. The molecule has 0 radical (unpaired) electrons. The van der Waals surface area contributed by atoms with Crippen LogP contribution >= 0.6 is 24.1 Å². The summed E-state index contributed by atoms with van der Waals surface area (Å²) in [6, 6.07) is 10.5. The molecule has 1 amide bonds. The van der Waals surface area contributed by atoms with Gasteiger partial charge in [-0.25, -0.2) is 10.5 Å². The van der Waals surface area contributed by atoms with E-state index in [9.17, 15) is 22.6 Å². The van der Waals surface area contributed by atoms with Gasteiger partial charge >= 0.3 is 5.97 Å². The Balaban J connectivity index is 1.70. The van der Waals surface area contributed by atoms with Crippen LogP contribution in [0.15, 0.2) is 82.3 Å². The fourth-order valence-corrected chi connectivity index (χ4v) is 8.83. The zero-order valence-electron chi connectivity index (χ0n) is 32.3. The van der Waals surface area contributed by atoms with E-state index in [1.807, 2.05) is 49.4 Å². The molecule has 1 unspecified atom stereocenters. The number of nitrogens with zero attached hydrogens (tertiary/aromatic N) is 2. The van der Waals surface area contributed by atoms with Gasteiger partial charge in [0.1, 0.15) is 6.54 Å². The Morgan fingerprint density at radius 2 is 1.63 bits per heavy atom. The van der Waals surface area contributed by atoms with Gasteiger partial charge in [0, 0.05) is 83.0 Å². The number of hydrogen-bond donors (Lipinski definition) is 5. The van der Waals surface area contributed by atoms with Crippen molar-refractivity contribution in [1.29, 1.82) is 0 Å². The molecular weight excluding hydrogens is 799 g/mol. The number of nitrogens with two attached hydrogens (primary N) is 1. The van der Waals surface area contributed by atoms with E-state index in [4.69, 9.17) is 21.4 Å². The number of amides is 1. The second-order valence-electron chi connectivity index (χ2n) is 14.5. The van der Waals surface area contributed by atoms with Crippen LogP contribution in [0.25, 0.3) is 0 Å². The molecule has 0 saturated carbocycles. The van der Waals surface area contributed by atoms with Gasteiger partial charge in [-0.2, -0.15) is 13.0 Å². The first-order valence-electron chi connectivity index (χ1n) is 18.6. The van der Waals surface area contributed by atoms with Crippen LogP contribution in [0, 0.1) is 0 Å². The van der Waals surface area contributed by atoms with E-state index in [-0.39, 0.29) is 23.6 Å². The topological polar surface area (TPSA) is 218 Å². The molecular formula is C39H52N3O12S3+. The Morgan fingerprint density at radius 1 is 0.895 bits per heavy atom. The van der Waals surface area contributed by atoms with Crippen LogP contribution < -0.4 is 10.6 Å². The minimum atomic E-state index is -4.48. The minimum Gasteiger partial charge on any atom is -0.481 e. The lowest BCUT2D eigenvalue weighted by Gasteiger charge is -2.30. The number of carbonyl (C=O) groups excluding carboxylic acids is 1. The van der Waals surface area contributed by atoms with E-state index in [1.54, 1.807) is 6.07 Å². The first kappa shape index (κ1) is 46.1. The fraction of sp³-hybridized carbons (Fsp3) is 0.462. The molecule has 15 nitrogen and oxygen atoms in total. The Bertz CT molecular complexity index is 1970. The smallest absolute Gasteiger partial charge is 0.303 e. The summed E-state index contributed by atoms with van der Waals surface area (Å²) in [5.41, 5.74) is 9.84. The second-order valence-corrected chi connectivity index (χ2v) is 17.5. The lowest BCUT2D eigenvalue weighted by atomic mass is 9.77. The third-order valence-electron chi connectivity index (χ3n) is 10.3. The number of primary amides is 1. The van der Waals surface area contributed by atoms with Gasteiger partial charge < -0.3 is 15.7 Å². The van der Waals surface area contributed by atoms with E-state index in [2.05, 4.69) is 48.1 Å². The number of rotatable bonds is 25. The van der Waals surface area contributed by atoms with Crippen molar-refractivity contribution in [3.63, 3.8) is 0 Å². The van der Waals surface area contributed by atoms with Crippen LogP contribution in [0.4, 0.5) is 11.4 Å². The molecule has 6 N–H and O–H groups in total. The maximum atomic E-state index is 12.3. The van der Waals surface area contributed by atoms with Crippen molar-refractivity contribution in [1.82, 2.24) is 0 Å².